The second kappa shape index (κ2) is 12.1. The number of hydrogen-bond donors (Lipinski definition) is 3. The van der Waals surface area contributed by atoms with Crippen LogP contribution in [0, 0.1) is 0 Å². The van der Waals surface area contributed by atoms with Gasteiger partial charge in [0.2, 0.25) is 0 Å². The molecular weight excluding hydrogens is 386 g/mol. The zero-order valence-corrected chi connectivity index (χ0v) is 18.7. The van der Waals surface area contributed by atoms with Gasteiger partial charge in [-0.05, 0) is 49.1 Å². The number of rotatable bonds is 8. The Hall–Kier alpha value is -2.86. The predicted molar refractivity (Wildman–Crippen MR) is 127 cm³/mol. The zero-order valence-electron chi connectivity index (χ0n) is 18.7. The number of piperidine rings is 1. The van der Waals surface area contributed by atoms with Gasteiger partial charge in [0.05, 0.1) is 0 Å². The summed E-state index contributed by atoms with van der Waals surface area (Å²) in [5.74, 6) is 0.771. The number of carbonyl (C=O) groups excluding carboxylic acids is 1. The Morgan fingerprint density at radius 2 is 1.87 bits per heavy atom. The molecule has 0 aromatic heterocycles. The number of aliphatic imine (C=N–C) groups is 1. The molecule has 0 radical (unpaired) electrons. The Balaban J connectivity index is 1.46. The van der Waals surface area contributed by atoms with Gasteiger partial charge in [-0.1, -0.05) is 48.9 Å². The summed E-state index contributed by atoms with van der Waals surface area (Å²) in [5, 5.41) is 9.59. The lowest BCUT2D eigenvalue weighted by molar-refractivity contribution is 0.0963. The first kappa shape index (κ1) is 22.8. The summed E-state index contributed by atoms with van der Waals surface area (Å²) in [4.78, 5) is 18.8. The lowest BCUT2D eigenvalue weighted by atomic mass is 10.0. The molecule has 3 rings (SSSR count). The van der Waals surface area contributed by atoms with E-state index in [2.05, 4.69) is 56.2 Å². The fourth-order valence-corrected chi connectivity index (χ4v) is 4.09. The minimum Gasteiger partial charge on any atom is -0.356 e. The van der Waals surface area contributed by atoms with Crippen LogP contribution in [0.15, 0.2) is 59.6 Å². The van der Waals surface area contributed by atoms with Crippen LogP contribution in [0.2, 0.25) is 0 Å². The summed E-state index contributed by atoms with van der Waals surface area (Å²) in [6.07, 6.45) is 4.59. The van der Waals surface area contributed by atoms with Crippen LogP contribution >= 0.6 is 0 Å². The molecule has 6 nitrogen and oxygen atoms in total. The average Bonchev–Trinajstić information content (AvgIpc) is 2.82. The van der Waals surface area contributed by atoms with E-state index in [-0.39, 0.29) is 5.91 Å². The fraction of sp³-hybridized carbons (Fsp3) is 0.440. The number of guanidine groups is 1. The third-order valence-corrected chi connectivity index (χ3v) is 5.83. The fourth-order valence-electron chi connectivity index (χ4n) is 4.09. The molecule has 1 fully saturated rings. The minimum atomic E-state index is -0.0557. The molecule has 0 aliphatic carbocycles. The Kier molecular flexibility index (Phi) is 8.91. The maximum atomic E-state index is 11.8. The van der Waals surface area contributed by atoms with E-state index in [1.165, 1.54) is 24.8 Å². The summed E-state index contributed by atoms with van der Waals surface area (Å²) in [7, 11) is 3.46. The largest absolute Gasteiger partial charge is 0.356 e. The van der Waals surface area contributed by atoms with Crippen molar-refractivity contribution in [3.05, 3.63) is 71.3 Å². The second-order valence-corrected chi connectivity index (χ2v) is 8.02. The maximum absolute atomic E-state index is 11.8. The number of nitrogens with zero attached hydrogens (tertiary/aromatic N) is 2. The average molecular weight is 422 g/mol. The number of likely N-dealkylation sites (tertiary alicyclic amines) is 1. The lowest BCUT2D eigenvalue weighted by Gasteiger charge is -2.36. The summed E-state index contributed by atoms with van der Waals surface area (Å²) in [6, 6.07) is 19.0. The summed E-state index contributed by atoms with van der Waals surface area (Å²) in [6.45, 7) is 3.80. The van der Waals surface area contributed by atoms with Crippen molar-refractivity contribution in [1.82, 2.24) is 20.9 Å². The second-order valence-electron chi connectivity index (χ2n) is 8.02. The maximum Gasteiger partial charge on any atom is 0.251 e. The predicted octanol–water partition coefficient (Wildman–Crippen LogP) is 2.81. The van der Waals surface area contributed by atoms with Crippen LogP contribution < -0.4 is 16.0 Å². The molecule has 31 heavy (non-hydrogen) atoms. The Bertz CT molecular complexity index is 852. The van der Waals surface area contributed by atoms with Gasteiger partial charge in [0, 0.05) is 45.3 Å². The SMILES string of the molecule is CN=C(NCCc1cccc(C(=O)NC)c1)NCC1CCCCN1Cc1ccccc1. The van der Waals surface area contributed by atoms with E-state index in [9.17, 15) is 4.79 Å². The topological polar surface area (TPSA) is 68.8 Å². The highest BCUT2D eigenvalue weighted by Crippen LogP contribution is 2.19. The summed E-state index contributed by atoms with van der Waals surface area (Å²) < 4.78 is 0. The quantitative estimate of drug-likeness (QED) is 0.453. The molecule has 2 aromatic rings. The van der Waals surface area contributed by atoms with Crippen molar-refractivity contribution >= 4 is 11.9 Å². The standard InChI is InChI=1S/C25H35N5O/c1-26-24(31)22-12-8-11-20(17-22)14-15-28-25(27-2)29-18-23-13-6-7-16-30(23)19-21-9-4-3-5-10-21/h3-5,8-12,17,23H,6-7,13-16,18-19H2,1-2H3,(H,26,31)(H2,27,28,29). The Labute approximate surface area is 186 Å². The highest BCUT2D eigenvalue weighted by Gasteiger charge is 2.22. The van der Waals surface area contributed by atoms with Crippen LogP contribution in [0.1, 0.15) is 40.7 Å². The van der Waals surface area contributed by atoms with Gasteiger partial charge in [0.25, 0.3) is 5.91 Å². The molecule has 1 atom stereocenters. The monoisotopic (exact) mass is 421 g/mol. The molecule has 1 amide bonds. The molecule has 1 saturated heterocycles. The number of nitrogens with one attached hydrogen (secondary N) is 3. The molecule has 2 aromatic carbocycles. The molecule has 0 saturated carbocycles. The van der Waals surface area contributed by atoms with E-state index in [4.69, 9.17) is 0 Å². The molecule has 3 N–H and O–H groups in total. The van der Waals surface area contributed by atoms with Crippen LogP contribution in [-0.4, -0.2) is 56.5 Å². The van der Waals surface area contributed by atoms with Crippen molar-refractivity contribution in [2.24, 2.45) is 4.99 Å². The zero-order chi connectivity index (χ0) is 21.9. The van der Waals surface area contributed by atoms with Crippen molar-refractivity contribution in [3.63, 3.8) is 0 Å². The normalized spacial score (nSPS) is 17.2. The van der Waals surface area contributed by atoms with Crippen LogP contribution in [0.25, 0.3) is 0 Å². The van der Waals surface area contributed by atoms with Crippen LogP contribution in [0.3, 0.4) is 0 Å². The van der Waals surface area contributed by atoms with Crippen LogP contribution in [-0.2, 0) is 13.0 Å². The van der Waals surface area contributed by atoms with E-state index >= 15 is 0 Å². The number of hydrogen-bond acceptors (Lipinski definition) is 3. The van der Waals surface area contributed by atoms with Gasteiger partial charge in [-0.3, -0.25) is 14.7 Å². The van der Waals surface area contributed by atoms with Gasteiger partial charge in [0.15, 0.2) is 5.96 Å². The molecule has 1 aliphatic heterocycles. The summed E-state index contributed by atoms with van der Waals surface area (Å²) >= 11 is 0. The van der Waals surface area contributed by atoms with E-state index < -0.39 is 0 Å². The third-order valence-electron chi connectivity index (χ3n) is 5.83. The van der Waals surface area contributed by atoms with Gasteiger partial charge in [-0.25, -0.2) is 0 Å². The molecule has 1 unspecified atom stereocenters. The highest BCUT2D eigenvalue weighted by molar-refractivity contribution is 5.94. The number of carbonyl (C=O) groups is 1. The van der Waals surface area contributed by atoms with Crippen molar-refractivity contribution in [3.8, 4) is 0 Å². The van der Waals surface area contributed by atoms with Crippen molar-refractivity contribution in [2.75, 3.05) is 33.7 Å². The van der Waals surface area contributed by atoms with E-state index in [1.54, 1.807) is 7.05 Å². The third kappa shape index (κ3) is 7.10. The Morgan fingerprint density at radius 3 is 2.65 bits per heavy atom. The van der Waals surface area contributed by atoms with Crippen LogP contribution in [0.4, 0.5) is 0 Å². The molecule has 0 spiro atoms. The number of benzene rings is 2. The smallest absolute Gasteiger partial charge is 0.251 e. The molecule has 166 valence electrons. The van der Waals surface area contributed by atoms with Gasteiger partial charge < -0.3 is 16.0 Å². The first-order chi connectivity index (χ1) is 15.2. The summed E-state index contributed by atoms with van der Waals surface area (Å²) in [5.41, 5.74) is 3.19. The van der Waals surface area contributed by atoms with Gasteiger partial charge in [0.1, 0.15) is 0 Å². The molecule has 1 heterocycles. The molecule has 0 bridgehead atoms. The van der Waals surface area contributed by atoms with Crippen LogP contribution in [0.5, 0.6) is 0 Å². The molecule has 1 aliphatic rings. The van der Waals surface area contributed by atoms with E-state index in [0.29, 0.717) is 11.6 Å². The van der Waals surface area contributed by atoms with Crippen molar-refractivity contribution in [1.29, 1.82) is 0 Å². The lowest BCUT2D eigenvalue weighted by Crippen LogP contribution is -2.49. The van der Waals surface area contributed by atoms with Gasteiger partial charge >= 0.3 is 0 Å². The van der Waals surface area contributed by atoms with Crippen molar-refractivity contribution in [2.45, 2.75) is 38.3 Å². The first-order valence-electron chi connectivity index (χ1n) is 11.2. The number of amides is 1. The van der Waals surface area contributed by atoms with Crippen molar-refractivity contribution < 1.29 is 4.79 Å². The Morgan fingerprint density at radius 1 is 1.06 bits per heavy atom. The van der Waals surface area contributed by atoms with E-state index in [1.807, 2.05) is 31.3 Å². The first-order valence-corrected chi connectivity index (χ1v) is 11.2. The molecular formula is C25H35N5O. The highest BCUT2D eigenvalue weighted by atomic mass is 16.1. The molecule has 6 heteroatoms. The van der Waals surface area contributed by atoms with E-state index in [0.717, 1.165) is 44.1 Å². The van der Waals surface area contributed by atoms with Gasteiger partial charge in [-0.15, -0.1) is 0 Å². The van der Waals surface area contributed by atoms with Gasteiger partial charge in [-0.2, -0.15) is 0 Å². The minimum absolute atomic E-state index is 0.0557.